The van der Waals surface area contributed by atoms with Gasteiger partial charge in [-0.15, -0.1) is 0 Å². The third kappa shape index (κ3) is 3.75. The first kappa shape index (κ1) is 15.6. The number of benzene rings is 1. The third-order valence-corrected chi connectivity index (χ3v) is 3.93. The van der Waals surface area contributed by atoms with Crippen LogP contribution in [0, 0.1) is 0 Å². The van der Waals surface area contributed by atoms with E-state index in [0.29, 0.717) is 12.2 Å². The molecule has 0 saturated heterocycles. The van der Waals surface area contributed by atoms with E-state index in [4.69, 9.17) is 0 Å². The van der Waals surface area contributed by atoms with Crippen LogP contribution in [0.5, 0.6) is 0 Å². The molecule has 0 saturated carbocycles. The van der Waals surface area contributed by atoms with Crippen LogP contribution in [-0.2, 0) is 17.8 Å². The number of aromatic amines is 1. The highest BCUT2D eigenvalue weighted by molar-refractivity contribution is 9.10. The number of nitrogens with zero attached hydrogens (tertiary/aromatic N) is 2. The molecule has 2 heterocycles. The van der Waals surface area contributed by atoms with Gasteiger partial charge in [-0.2, -0.15) is 0 Å². The molecule has 3 N–H and O–H groups in total. The number of carbonyl (C=O) groups is 1. The van der Waals surface area contributed by atoms with E-state index in [0.717, 1.165) is 20.9 Å². The van der Waals surface area contributed by atoms with Gasteiger partial charge in [-0.1, -0.05) is 22.0 Å². The molecule has 2 aromatic heterocycles. The van der Waals surface area contributed by atoms with Crippen LogP contribution >= 0.6 is 15.9 Å². The largest absolute Gasteiger partial charge is 0.383 e. The number of aliphatic hydroxyl groups excluding tert-OH is 1. The SMILES string of the molecule is O=C(NCc1cc(Br)cc2cccnc12)[C@@H](O)Cc1cnc[nH]1. The lowest BCUT2D eigenvalue weighted by Gasteiger charge is -2.12. The zero-order valence-electron chi connectivity index (χ0n) is 12.2. The van der Waals surface area contributed by atoms with Crippen molar-refractivity contribution < 1.29 is 9.90 Å². The topological polar surface area (TPSA) is 90.9 Å². The second-order valence-corrected chi connectivity index (χ2v) is 6.07. The quantitative estimate of drug-likeness (QED) is 0.636. The lowest BCUT2D eigenvalue weighted by Crippen LogP contribution is -2.35. The number of amides is 1. The van der Waals surface area contributed by atoms with E-state index in [1.807, 2.05) is 24.3 Å². The number of rotatable bonds is 5. The molecule has 0 unspecified atom stereocenters. The maximum absolute atomic E-state index is 12.0. The molecule has 0 aliphatic heterocycles. The molecule has 0 aliphatic carbocycles. The number of halogens is 1. The summed E-state index contributed by atoms with van der Waals surface area (Å²) in [6, 6.07) is 7.72. The van der Waals surface area contributed by atoms with Gasteiger partial charge in [0.15, 0.2) is 0 Å². The summed E-state index contributed by atoms with van der Waals surface area (Å²) in [5.74, 6) is -0.427. The smallest absolute Gasteiger partial charge is 0.249 e. The van der Waals surface area contributed by atoms with Gasteiger partial charge in [0, 0.05) is 40.9 Å². The second kappa shape index (κ2) is 6.89. The van der Waals surface area contributed by atoms with E-state index >= 15 is 0 Å². The first-order valence-electron chi connectivity index (χ1n) is 7.09. The summed E-state index contributed by atoms with van der Waals surface area (Å²) >= 11 is 3.46. The van der Waals surface area contributed by atoms with Crippen molar-refractivity contribution in [1.82, 2.24) is 20.3 Å². The van der Waals surface area contributed by atoms with Crippen molar-refractivity contribution in [3.63, 3.8) is 0 Å². The van der Waals surface area contributed by atoms with E-state index in [1.54, 1.807) is 12.4 Å². The molecule has 23 heavy (non-hydrogen) atoms. The Morgan fingerprint density at radius 1 is 1.43 bits per heavy atom. The van der Waals surface area contributed by atoms with Crippen LogP contribution in [0.4, 0.5) is 0 Å². The van der Waals surface area contributed by atoms with Gasteiger partial charge < -0.3 is 15.4 Å². The number of H-pyrrole nitrogens is 1. The summed E-state index contributed by atoms with van der Waals surface area (Å²) in [7, 11) is 0. The number of nitrogens with one attached hydrogen (secondary N) is 2. The van der Waals surface area contributed by atoms with Crippen LogP contribution < -0.4 is 5.32 Å². The van der Waals surface area contributed by atoms with Crippen LogP contribution in [0.15, 0.2) is 47.5 Å². The van der Waals surface area contributed by atoms with Crippen LogP contribution in [0.3, 0.4) is 0 Å². The summed E-state index contributed by atoms with van der Waals surface area (Å²) in [6.45, 7) is 0.297. The predicted molar refractivity (Wildman–Crippen MR) is 89.6 cm³/mol. The number of carbonyl (C=O) groups excluding carboxylic acids is 1. The molecule has 0 fully saturated rings. The highest BCUT2D eigenvalue weighted by Crippen LogP contribution is 2.22. The van der Waals surface area contributed by atoms with Gasteiger partial charge in [0.25, 0.3) is 0 Å². The Kier molecular flexibility index (Phi) is 4.68. The number of pyridine rings is 1. The number of fused-ring (bicyclic) bond motifs is 1. The summed E-state index contributed by atoms with van der Waals surface area (Å²) in [4.78, 5) is 23.1. The highest BCUT2D eigenvalue weighted by atomic mass is 79.9. The molecule has 7 heteroatoms. The Morgan fingerprint density at radius 3 is 3.09 bits per heavy atom. The van der Waals surface area contributed by atoms with Crippen molar-refractivity contribution in [3.8, 4) is 0 Å². The summed E-state index contributed by atoms with van der Waals surface area (Å²) in [5.41, 5.74) is 2.43. The Bertz CT molecular complexity index is 820. The lowest BCUT2D eigenvalue weighted by atomic mass is 10.1. The highest BCUT2D eigenvalue weighted by Gasteiger charge is 2.16. The van der Waals surface area contributed by atoms with E-state index < -0.39 is 12.0 Å². The molecule has 118 valence electrons. The number of aromatic nitrogens is 3. The van der Waals surface area contributed by atoms with Crippen LogP contribution in [0.25, 0.3) is 10.9 Å². The summed E-state index contributed by atoms with van der Waals surface area (Å²) in [6.07, 6.45) is 3.89. The molecule has 0 radical (unpaired) electrons. The van der Waals surface area contributed by atoms with Crippen molar-refractivity contribution in [2.45, 2.75) is 19.1 Å². The number of hydrogen-bond acceptors (Lipinski definition) is 4. The maximum atomic E-state index is 12.0. The number of hydrogen-bond donors (Lipinski definition) is 3. The van der Waals surface area contributed by atoms with Crippen molar-refractivity contribution in [2.75, 3.05) is 0 Å². The van der Waals surface area contributed by atoms with E-state index in [9.17, 15) is 9.90 Å². The molecule has 1 atom stereocenters. The van der Waals surface area contributed by atoms with E-state index in [1.165, 1.54) is 6.33 Å². The zero-order chi connectivity index (χ0) is 16.2. The monoisotopic (exact) mass is 374 g/mol. The first-order valence-corrected chi connectivity index (χ1v) is 7.89. The Labute approximate surface area is 141 Å². The minimum atomic E-state index is -1.12. The van der Waals surface area contributed by atoms with E-state index in [2.05, 4.69) is 36.2 Å². The first-order chi connectivity index (χ1) is 11.1. The molecule has 1 amide bonds. The molecular weight excluding hydrogens is 360 g/mol. The van der Waals surface area contributed by atoms with Crippen molar-refractivity contribution >= 4 is 32.7 Å². The van der Waals surface area contributed by atoms with Gasteiger partial charge in [-0.25, -0.2) is 4.98 Å². The summed E-state index contributed by atoms with van der Waals surface area (Å²) < 4.78 is 0.917. The van der Waals surface area contributed by atoms with Crippen molar-refractivity contribution in [2.24, 2.45) is 0 Å². The van der Waals surface area contributed by atoms with Gasteiger partial charge in [-0.3, -0.25) is 9.78 Å². The Hall–Kier alpha value is -2.25. The van der Waals surface area contributed by atoms with Crippen LogP contribution in [-0.4, -0.2) is 32.1 Å². The normalized spacial score (nSPS) is 12.3. The Morgan fingerprint density at radius 2 is 2.30 bits per heavy atom. The number of aliphatic hydroxyl groups is 1. The summed E-state index contributed by atoms with van der Waals surface area (Å²) in [5, 5.41) is 13.7. The van der Waals surface area contributed by atoms with Crippen LogP contribution in [0.2, 0.25) is 0 Å². The van der Waals surface area contributed by atoms with Gasteiger partial charge in [0.2, 0.25) is 5.91 Å². The molecule has 0 aliphatic rings. The molecule has 0 bridgehead atoms. The minimum absolute atomic E-state index is 0.198. The zero-order valence-corrected chi connectivity index (χ0v) is 13.7. The van der Waals surface area contributed by atoms with Gasteiger partial charge >= 0.3 is 0 Å². The molecule has 3 rings (SSSR count). The fourth-order valence-corrected chi connectivity index (χ4v) is 2.88. The molecular formula is C16H15BrN4O2. The average molecular weight is 375 g/mol. The fraction of sp³-hybridized carbons (Fsp3) is 0.188. The average Bonchev–Trinajstić information content (AvgIpc) is 3.05. The number of imidazole rings is 1. The standard InChI is InChI=1S/C16H15BrN4O2/c17-12-4-10-2-1-3-19-15(10)11(5-12)7-20-16(23)14(22)6-13-8-18-9-21-13/h1-5,8-9,14,22H,6-7H2,(H,18,21)(H,20,23)/t14-/m0/s1. The maximum Gasteiger partial charge on any atom is 0.249 e. The predicted octanol–water partition coefficient (Wildman–Crippen LogP) is 1.94. The van der Waals surface area contributed by atoms with Gasteiger partial charge in [0.05, 0.1) is 11.8 Å². The van der Waals surface area contributed by atoms with Crippen LogP contribution in [0.1, 0.15) is 11.3 Å². The Balaban J connectivity index is 1.69. The molecule has 1 aromatic carbocycles. The lowest BCUT2D eigenvalue weighted by molar-refractivity contribution is -0.129. The van der Waals surface area contributed by atoms with Gasteiger partial charge in [0.1, 0.15) is 6.10 Å². The van der Waals surface area contributed by atoms with Gasteiger partial charge in [-0.05, 0) is 23.8 Å². The molecule has 0 spiro atoms. The van der Waals surface area contributed by atoms with E-state index in [-0.39, 0.29) is 6.42 Å². The molecule has 3 aromatic rings. The minimum Gasteiger partial charge on any atom is -0.383 e. The van der Waals surface area contributed by atoms with Crippen molar-refractivity contribution in [3.05, 3.63) is 58.7 Å². The van der Waals surface area contributed by atoms with Crippen molar-refractivity contribution in [1.29, 1.82) is 0 Å². The second-order valence-electron chi connectivity index (χ2n) is 5.15. The third-order valence-electron chi connectivity index (χ3n) is 3.47. The molecule has 6 nitrogen and oxygen atoms in total. The fourth-order valence-electron chi connectivity index (χ4n) is 2.36.